The molecule has 1 saturated heterocycles. The fourth-order valence-corrected chi connectivity index (χ4v) is 3.52. The zero-order valence-electron chi connectivity index (χ0n) is 14.8. The molecule has 1 aromatic carbocycles. The molecule has 0 spiro atoms. The van der Waals surface area contributed by atoms with Gasteiger partial charge < -0.3 is 15.1 Å². The summed E-state index contributed by atoms with van der Waals surface area (Å²) < 4.78 is 38.1. The molecule has 0 saturated carbocycles. The van der Waals surface area contributed by atoms with Crippen LogP contribution in [0.25, 0.3) is 0 Å². The van der Waals surface area contributed by atoms with E-state index < -0.39 is 11.7 Å². The van der Waals surface area contributed by atoms with Crippen LogP contribution < -0.4 is 10.2 Å². The summed E-state index contributed by atoms with van der Waals surface area (Å²) in [4.78, 5) is 32.2. The Morgan fingerprint density at radius 3 is 2.36 bits per heavy atom. The fraction of sp³-hybridized carbons (Fsp3) is 0.316. The Hall–Kier alpha value is -3.10. The zero-order chi connectivity index (χ0) is 19.9. The highest BCUT2D eigenvalue weighted by Crippen LogP contribution is 2.31. The Bertz CT molecular complexity index is 920. The lowest BCUT2D eigenvalue weighted by atomic mass is 10.1. The van der Waals surface area contributed by atoms with Crippen molar-refractivity contribution < 1.29 is 22.8 Å². The van der Waals surface area contributed by atoms with Crippen molar-refractivity contribution in [3.63, 3.8) is 0 Å². The molecule has 0 radical (unpaired) electrons. The summed E-state index contributed by atoms with van der Waals surface area (Å²) >= 11 is 0. The first-order valence-electron chi connectivity index (χ1n) is 8.82. The van der Waals surface area contributed by atoms with E-state index in [0.29, 0.717) is 48.8 Å². The summed E-state index contributed by atoms with van der Waals surface area (Å²) in [6.45, 7) is 1.92. The highest BCUT2D eigenvalue weighted by atomic mass is 19.4. The average Bonchev–Trinajstić information content (AvgIpc) is 3.07. The number of aromatic nitrogens is 1. The second-order valence-corrected chi connectivity index (χ2v) is 6.73. The molecule has 6 nitrogen and oxygen atoms in total. The number of nitrogens with zero attached hydrogens (tertiary/aromatic N) is 3. The summed E-state index contributed by atoms with van der Waals surface area (Å²) in [5.74, 6) is 0.0799. The van der Waals surface area contributed by atoms with Gasteiger partial charge in [0.1, 0.15) is 5.82 Å². The summed E-state index contributed by atoms with van der Waals surface area (Å²) in [6, 6.07) is 6.65. The number of benzene rings is 1. The molecule has 2 aromatic rings. The molecule has 0 bridgehead atoms. The molecule has 3 heterocycles. The molecule has 0 unspecified atom stereocenters. The van der Waals surface area contributed by atoms with Crippen molar-refractivity contribution >= 4 is 23.3 Å². The maximum atomic E-state index is 12.9. The van der Waals surface area contributed by atoms with Crippen molar-refractivity contribution in [2.24, 2.45) is 0 Å². The third-order valence-corrected chi connectivity index (χ3v) is 5.01. The number of carbonyl (C=O) groups excluding carboxylic acids is 2. The van der Waals surface area contributed by atoms with Crippen LogP contribution in [-0.4, -0.2) is 47.9 Å². The standard InChI is InChI=1S/C19H17F3N4O2/c20-19(21,22)12-1-3-13(4-2-12)25-7-9-26(10-8-25)18(28)14-5-6-23-17-15(14)11-16(27)24-17/h1-6H,7-11H2,(H,23,24,27). The van der Waals surface area contributed by atoms with Crippen LogP contribution in [0.3, 0.4) is 0 Å². The minimum Gasteiger partial charge on any atom is -0.368 e. The van der Waals surface area contributed by atoms with E-state index in [-0.39, 0.29) is 18.2 Å². The first-order chi connectivity index (χ1) is 13.3. The molecule has 2 aliphatic rings. The first kappa shape index (κ1) is 18.3. The van der Waals surface area contributed by atoms with Gasteiger partial charge in [-0.2, -0.15) is 13.2 Å². The SMILES string of the molecule is O=C1Cc2c(C(=O)N3CCN(c4ccc(C(F)(F)F)cc4)CC3)ccnc2N1. The van der Waals surface area contributed by atoms with Gasteiger partial charge in [0.25, 0.3) is 5.91 Å². The predicted molar refractivity (Wildman–Crippen MR) is 96.1 cm³/mol. The Morgan fingerprint density at radius 2 is 1.71 bits per heavy atom. The van der Waals surface area contributed by atoms with Crippen molar-refractivity contribution in [1.82, 2.24) is 9.88 Å². The number of piperazine rings is 1. The second-order valence-electron chi connectivity index (χ2n) is 6.73. The van der Waals surface area contributed by atoms with E-state index in [1.807, 2.05) is 4.90 Å². The molecule has 1 fully saturated rings. The number of nitrogens with one attached hydrogen (secondary N) is 1. The average molecular weight is 390 g/mol. The minimum absolute atomic E-state index is 0.135. The van der Waals surface area contributed by atoms with Gasteiger partial charge in [0.05, 0.1) is 12.0 Å². The van der Waals surface area contributed by atoms with E-state index in [1.54, 1.807) is 11.0 Å². The first-order valence-corrected chi connectivity index (χ1v) is 8.82. The number of hydrogen-bond donors (Lipinski definition) is 1. The number of fused-ring (bicyclic) bond motifs is 1. The molecule has 4 rings (SSSR count). The predicted octanol–water partition coefficient (Wildman–Crippen LogP) is 2.56. The van der Waals surface area contributed by atoms with Crippen LogP contribution in [0.15, 0.2) is 36.5 Å². The Morgan fingerprint density at radius 1 is 1.04 bits per heavy atom. The monoisotopic (exact) mass is 390 g/mol. The summed E-state index contributed by atoms with van der Waals surface area (Å²) in [5, 5.41) is 2.63. The molecule has 2 aliphatic heterocycles. The van der Waals surface area contributed by atoms with Gasteiger partial charge in [-0.1, -0.05) is 0 Å². The van der Waals surface area contributed by atoms with E-state index in [2.05, 4.69) is 10.3 Å². The van der Waals surface area contributed by atoms with Gasteiger partial charge in [-0.15, -0.1) is 0 Å². The number of amides is 2. The molecular formula is C19H17F3N4O2. The Balaban J connectivity index is 1.43. The van der Waals surface area contributed by atoms with Crippen molar-refractivity contribution in [3.05, 3.63) is 53.2 Å². The van der Waals surface area contributed by atoms with Crippen LogP contribution in [0, 0.1) is 0 Å². The number of anilines is 2. The van der Waals surface area contributed by atoms with E-state index in [0.717, 1.165) is 12.1 Å². The van der Waals surface area contributed by atoms with E-state index in [4.69, 9.17) is 0 Å². The van der Waals surface area contributed by atoms with E-state index in [1.165, 1.54) is 18.3 Å². The lowest BCUT2D eigenvalue weighted by Gasteiger charge is -2.36. The summed E-state index contributed by atoms with van der Waals surface area (Å²) in [7, 11) is 0. The third kappa shape index (κ3) is 3.39. The minimum atomic E-state index is -4.36. The van der Waals surface area contributed by atoms with Crippen LogP contribution in [0.2, 0.25) is 0 Å². The fourth-order valence-electron chi connectivity index (χ4n) is 3.52. The van der Waals surface area contributed by atoms with Gasteiger partial charge in [-0.25, -0.2) is 4.98 Å². The summed E-state index contributed by atoms with van der Waals surface area (Å²) in [6.07, 6.45) is -2.73. The maximum Gasteiger partial charge on any atom is 0.416 e. The molecular weight excluding hydrogens is 373 g/mol. The number of alkyl halides is 3. The molecule has 1 aromatic heterocycles. The zero-order valence-corrected chi connectivity index (χ0v) is 14.8. The lowest BCUT2D eigenvalue weighted by molar-refractivity contribution is -0.137. The van der Waals surface area contributed by atoms with Crippen molar-refractivity contribution in [3.8, 4) is 0 Å². The summed E-state index contributed by atoms with van der Waals surface area (Å²) in [5.41, 5.74) is 1.09. The second kappa shape index (κ2) is 6.81. The normalized spacial score (nSPS) is 16.8. The van der Waals surface area contributed by atoms with Gasteiger partial charge >= 0.3 is 6.18 Å². The topological polar surface area (TPSA) is 65.5 Å². The van der Waals surface area contributed by atoms with Crippen LogP contribution in [0.4, 0.5) is 24.7 Å². The molecule has 0 aliphatic carbocycles. The molecule has 28 heavy (non-hydrogen) atoms. The maximum absolute atomic E-state index is 12.9. The van der Waals surface area contributed by atoms with Crippen LogP contribution >= 0.6 is 0 Å². The molecule has 0 atom stereocenters. The van der Waals surface area contributed by atoms with E-state index >= 15 is 0 Å². The van der Waals surface area contributed by atoms with Crippen LogP contribution in [0.5, 0.6) is 0 Å². The van der Waals surface area contributed by atoms with Crippen LogP contribution in [-0.2, 0) is 17.4 Å². The van der Waals surface area contributed by atoms with Crippen molar-refractivity contribution in [1.29, 1.82) is 0 Å². The molecule has 2 amide bonds. The smallest absolute Gasteiger partial charge is 0.368 e. The van der Waals surface area contributed by atoms with Gasteiger partial charge in [-0.3, -0.25) is 9.59 Å². The van der Waals surface area contributed by atoms with Crippen molar-refractivity contribution in [2.75, 3.05) is 36.4 Å². The molecule has 1 N–H and O–H groups in total. The number of hydrogen-bond acceptors (Lipinski definition) is 4. The van der Waals surface area contributed by atoms with E-state index in [9.17, 15) is 22.8 Å². The molecule has 9 heteroatoms. The van der Waals surface area contributed by atoms with Crippen LogP contribution in [0.1, 0.15) is 21.5 Å². The number of pyridine rings is 1. The van der Waals surface area contributed by atoms with Gasteiger partial charge in [0.2, 0.25) is 5.91 Å². The Kier molecular flexibility index (Phi) is 4.44. The highest BCUT2D eigenvalue weighted by molar-refractivity contribution is 6.04. The third-order valence-electron chi connectivity index (χ3n) is 5.01. The number of halogens is 3. The Labute approximate surface area is 159 Å². The van der Waals surface area contributed by atoms with Crippen molar-refractivity contribution in [2.45, 2.75) is 12.6 Å². The number of rotatable bonds is 2. The molecule has 146 valence electrons. The van der Waals surface area contributed by atoms with Gasteiger partial charge in [-0.05, 0) is 30.3 Å². The van der Waals surface area contributed by atoms with Gasteiger partial charge in [0.15, 0.2) is 0 Å². The largest absolute Gasteiger partial charge is 0.416 e. The van der Waals surface area contributed by atoms with Gasteiger partial charge in [0, 0.05) is 49.2 Å². The lowest BCUT2D eigenvalue weighted by Crippen LogP contribution is -2.49. The quantitative estimate of drug-likeness (QED) is 0.856. The highest BCUT2D eigenvalue weighted by Gasteiger charge is 2.31. The number of carbonyl (C=O) groups is 2.